The van der Waals surface area contributed by atoms with Crippen LogP contribution < -0.4 is 0 Å². The average molecular weight is 191 g/mol. The van der Waals surface area contributed by atoms with Gasteiger partial charge in [-0.05, 0) is 12.1 Å². The normalized spacial score (nSPS) is 11.5. The van der Waals surface area contributed by atoms with Gasteiger partial charge >= 0.3 is 0 Å². The Kier molecular flexibility index (Phi) is 3.18. The van der Waals surface area contributed by atoms with Crippen molar-refractivity contribution >= 4 is 5.69 Å². The second kappa shape index (κ2) is 4.37. The van der Waals surface area contributed by atoms with Crippen LogP contribution >= 0.6 is 0 Å². The van der Waals surface area contributed by atoms with E-state index in [1.54, 1.807) is 12.1 Å². The Balaban J connectivity index is 3.19. The monoisotopic (exact) mass is 191 g/mol. The summed E-state index contributed by atoms with van der Waals surface area (Å²) >= 11 is 0. The molecule has 1 unspecified atom stereocenters. The summed E-state index contributed by atoms with van der Waals surface area (Å²) in [5, 5.41) is 20.1. The molecule has 0 radical (unpaired) electrons. The minimum atomic E-state index is -1.03. The van der Waals surface area contributed by atoms with Crippen LogP contribution in [-0.4, -0.2) is 10.0 Å². The van der Waals surface area contributed by atoms with E-state index in [1.807, 2.05) is 0 Å². The highest BCUT2D eigenvalue weighted by Gasteiger charge is 2.16. The standard InChI is InChI=1S/C10H9NO3/c1-2-5-10(12)8-6-3-4-7-9(8)11(13)14/h3-7,10,12H,1H2. The lowest BCUT2D eigenvalue weighted by Gasteiger charge is -2.04. The molecule has 0 saturated carbocycles. The second-order valence-electron chi connectivity index (χ2n) is 2.63. The lowest BCUT2D eigenvalue weighted by molar-refractivity contribution is -0.386. The summed E-state index contributed by atoms with van der Waals surface area (Å²) in [7, 11) is 0. The first-order chi connectivity index (χ1) is 6.66. The molecule has 0 spiro atoms. The van der Waals surface area contributed by atoms with Crippen molar-refractivity contribution in [2.75, 3.05) is 0 Å². The third-order valence-electron chi connectivity index (χ3n) is 1.73. The molecule has 0 aliphatic rings. The molecule has 0 aromatic heterocycles. The number of nitro benzene ring substituents is 1. The maximum atomic E-state index is 10.6. The van der Waals surface area contributed by atoms with E-state index in [4.69, 9.17) is 0 Å². The quantitative estimate of drug-likeness (QED) is 0.451. The minimum absolute atomic E-state index is 0.105. The summed E-state index contributed by atoms with van der Waals surface area (Å²) in [6.45, 7) is 3.29. The van der Waals surface area contributed by atoms with Crippen molar-refractivity contribution in [2.24, 2.45) is 0 Å². The molecule has 1 aromatic rings. The number of hydrogen-bond acceptors (Lipinski definition) is 3. The Labute approximate surface area is 81.0 Å². The topological polar surface area (TPSA) is 63.4 Å². The first-order valence-corrected chi connectivity index (χ1v) is 3.94. The van der Waals surface area contributed by atoms with E-state index in [0.29, 0.717) is 0 Å². The molecule has 14 heavy (non-hydrogen) atoms. The number of hydrogen-bond donors (Lipinski definition) is 1. The highest BCUT2D eigenvalue weighted by Crippen LogP contribution is 2.24. The van der Waals surface area contributed by atoms with Gasteiger partial charge in [0.05, 0.1) is 10.5 Å². The van der Waals surface area contributed by atoms with Crippen molar-refractivity contribution in [3.8, 4) is 0 Å². The first kappa shape index (κ1) is 10.2. The molecule has 1 aromatic carbocycles. The number of nitrogens with zero attached hydrogens (tertiary/aromatic N) is 1. The third-order valence-corrected chi connectivity index (χ3v) is 1.73. The van der Waals surface area contributed by atoms with Gasteiger partial charge < -0.3 is 5.11 Å². The summed E-state index contributed by atoms with van der Waals surface area (Å²) in [5.74, 6) is 0. The van der Waals surface area contributed by atoms with E-state index >= 15 is 0 Å². The lowest BCUT2D eigenvalue weighted by atomic mass is 10.1. The second-order valence-corrected chi connectivity index (χ2v) is 2.63. The SMILES string of the molecule is C=C=CC(O)c1ccccc1[N+](=O)[O-]. The number of rotatable bonds is 3. The van der Waals surface area contributed by atoms with E-state index in [-0.39, 0.29) is 11.3 Å². The van der Waals surface area contributed by atoms with Gasteiger partial charge in [0.25, 0.3) is 5.69 Å². The Morgan fingerprint density at radius 1 is 1.57 bits per heavy atom. The largest absolute Gasteiger partial charge is 0.383 e. The number of nitro groups is 1. The molecular weight excluding hydrogens is 182 g/mol. The summed E-state index contributed by atoms with van der Waals surface area (Å²) in [6.07, 6.45) is 0.233. The fraction of sp³-hybridized carbons (Fsp3) is 0.100. The fourth-order valence-corrected chi connectivity index (χ4v) is 1.11. The van der Waals surface area contributed by atoms with Crippen molar-refractivity contribution in [1.29, 1.82) is 0 Å². The molecule has 1 atom stereocenters. The van der Waals surface area contributed by atoms with Crippen molar-refractivity contribution < 1.29 is 10.0 Å². The summed E-state index contributed by atoms with van der Waals surface area (Å²) in [6, 6.07) is 6.01. The van der Waals surface area contributed by atoms with Gasteiger partial charge in [-0.1, -0.05) is 18.7 Å². The fourth-order valence-electron chi connectivity index (χ4n) is 1.11. The van der Waals surface area contributed by atoms with Crippen LogP contribution in [0.5, 0.6) is 0 Å². The number of benzene rings is 1. The molecule has 4 heteroatoms. The first-order valence-electron chi connectivity index (χ1n) is 3.94. The molecule has 0 aliphatic heterocycles. The van der Waals surface area contributed by atoms with Gasteiger partial charge in [-0.2, -0.15) is 0 Å². The van der Waals surface area contributed by atoms with Crippen molar-refractivity contribution in [3.63, 3.8) is 0 Å². The molecule has 0 bridgehead atoms. The smallest absolute Gasteiger partial charge is 0.275 e. The van der Waals surface area contributed by atoms with Gasteiger partial charge in [0.1, 0.15) is 6.10 Å². The van der Waals surface area contributed by atoms with E-state index in [1.165, 1.54) is 18.2 Å². The number of para-hydroxylation sites is 1. The van der Waals surface area contributed by atoms with E-state index in [0.717, 1.165) is 0 Å². The van der Waals surface area contributed by atoms with Crippen LogP contribution in [0.25, 0.3) is 0 Å². The predicted molar refractivity (Wildman–Crippen MR) is 51.8 cm³/mol. The maximum absolute atomic E-state index is 10.6. The van der Waals surface area contributed by atoms with Crippen LogP contribution in [0.2, 0.25) is 0 Å². The van der Waals surface area contributed by atoms with Crippen molar-refractivity contribution in [1.82, 2.24) is 0 Å². The van der Waals surface area contributed by atoms with E-state index in [2.05, 4.69) is 12.3 Å². The van der Waals surface area contributed by atoms with Gasteiger partial charge in [0, 0.05) is 6.07 Å². The Bertz CT molecular complexity index is 394. The zero-order valence-corrected chi connectivity index (χ0v) is 7.38. The average Bonchev–Trinajstić information content (AvgIpc) is 2.18. The van der Waals surface area contributed by atoms with Crippen LogP contribution in [0.3, 0.4) is 0 Å². The van der Waals surface area contributed by atoms with Crippen LogP contribution in [-0.2, 0) is 0 Å². The molecule has 1 rings (SSSR count). The van der Waals surface area contributed by atoms with Crippen LogP contribution in [0.1, 0.15) is 11.7 Å². The van der Waals surface area contributed by atoms with Crippen molar-refractivity contribution in [3.05, 3.63) is 58.3 Å². The summed E-state index contributed by atoms with van der Waals surface area (Å²) in [5.41, 5.74) is 2.52. The molecular formula is C10H9NO3. The van der Waals surface area contributed by atoms with Gasteiger partial charge in [-0.3, -0.25) is 10.1 Å². The van der Waals surface area contributed by atoms with Crippen molar-refractivity contribution in [2.45, 2.75) is 6.10 Å². The Hall–Kier alpha value is -1.90. The van der Waals surface area contributed by atoms with Crippen LogP contribution in [0.15, 0.2) is 42.7 Å². The summed E-state index contributed by atoms with van der Waals surface area (Å²) < 4.78 is 0. The lowest BCUT2D eigenvalue weighted by Crippen LogP contribution is -1.99. The van der Waals surface area contributed by atoms with Gasteiger partial charge in [-0.15, -0.1) is 5.73 Å². The zero-order valence-electron chi connectivity index (χ0n) is 7.38. The summed E-state index contributed by atoms with van der Waals surface area (Å²) in [4.78, 5) is 10.0. The van der Waals surface area contributed by atoms with Gasteiger partial charge in [0.15, 0.2) is 0 Å². The minimum Gasteiger partial charge on any atom is -0.383 e. The predicted octanol–water partition coefficient (Wildman–Crippen LogP) is 1.97. The molecule has 72 valence electrons. The van der Waals surface area contributed by atoms with Crippen LogP contribution in [0.4, 0.5) is 5.69 Å². The highest BCUT2D eigenvalue weighted by atomic mass is 16.6. The number of aliphatic hydroxyl groups is 1. The highest BCUT2D eigenvalue weighted by molar-refractivity contribution is 5.42. The molecule has 0 heterocycles. The van der Waals surface area contributed by atoms with Gasteiger partial charge in [0.2, 0.25) is 0 Å². The maximum Gasteiger partial charge on any atom is 0.275 e. The Morgan fingerprint density at radius 2 is 2.21 bits per heavy atom. The van der Waals surface area contributed by atoms with E-state index < -0.39 is 11.0 Å². The molecule has 0 fully saturated rings. The molecule has 4 nitrogen and oxygen atoms in total. The molecule has 0 aliphatic carbocycles. The molecule has 1 N–H and O–H groups in total. The molecule has 0 saturated heterocycles. The Morgan fingerprint density at radius 3 is 2.79 bits per heavy atom. The van der Waals surface area contributed by atoms with Crippen LogP contribution in [0, 0.1) is 10.1 Å². The zero-order chi connectivity index (χ0) is 10.6. The number of aliphatic hydroxyl groups excluding tert-OH is 1. The third kappa shape index (κ3) is 2.07. The van der Waals surface area contributed by atoms with E-state index in [9.17, 15) is 15.2 Å². The molecule has 0 amide bonds. The van der Waals surface area contributed by atoms with Gasteiger partial charge in [-0.25, -0.2) is 0 Å².